The van der Waals surface area contributed by atoms with Gasteiger partial charge in [0.05, 0.1) is 13.2 Å². The first-order valence-corrected chi connectivity index (χ1v) is 9.04. The van der Waals surface area contributed by atoms with Gasteiger partial charge in [-0.1, -0.05) is 49.4 Å². The van der Waals surface area contributed by atoms with E-state index in [1.165, 1.54) is 11.1 Å². The zero-order valence-corrected chi connectivity index (χ0v) is 15.5. The number of hydrogen-bond acceptors (Lipinski definition) is 4. The minimum absolute atomic E-state index is 0.0522. The van der Waals surface area contributed by atoms with Gasteiger partial charge in [0.1, 0.15) is 5.75 Å². The van der Waals surface area contributed by atoms with E-state index in [9.17, 15) is 4.79 Å². The molecule has 4 heteroatoms. The lowest BCUT2D eigenvalue weighted by Crippen LogP contribution is -2.21. The van der Waals surface area contributed by atoms with E-state index in [4.69, 9.17) is 14.9 Å². The van der Waals surface area contributed by atoms with Gasteiger partial charge in [-0.25, -0.2) is 0 Å². The largest absolute Gasteiger partial charge is 0.493 e. The predicted molar refractivity (Wildman–Crippen MR) is 104 cm³/mol. The lowest BCUT2D eigenvalue weighted by Gasteiger charge is -2.17. The van der Waals surface area contributed by atoms with E-state index in [1.807, 2.05) is 30.3 Å². The number of carbonyl (C=O) groups is 1. The van der Waals surface area contributed by atoms with E-state index in [1.54, 1.807) is 13.8 Å². The zero-order valence-electron chi connectivity index (χ0n) is 15.5. The van der Waals surface area contributed by atoms with Crippen LogP contribution in [0, 0.1) is 11.3 Å². The van der Waals surface area contributed by atoms with Gasteiger partial charge >= 0.3 is 5.97 Å². The summed E-state index contributed by atoms with van der Waals surface area (Å²) in [5.74, 6) is 0.531. The molecule has 2 rings (SSSR count). The molecule has 0 bridgehead atoms. The van der Waals surface area contributed by atoms with Crippen molar-refractivity contribution in [1.82, 2.24) is 0 Å². The summed E-state index contributed by atoms with van der Waals surface area (Å²) >= 11 is 0. The van der Waals surface area contributed by atoms with Gasteiger partial charge in [0.15, 0.2) is 0 Å². The molecule has 2 aromatic rings. The molecule has 0 aliphatic rings. The first-order valence-electron chi connectivity index (χ1n) is 9.04. The summed E-state index contributed by atoms with van der Waals surface area (Å²) in [6.07, 6.45) is 1.87. The molecule has 0 radical (unpaired) electrons. The van der Waals surface area contributed by atoms with Crippen LogP contribution in [0.5, 0.6) is 5.75 Å². The van der Waals surface area contributed by atoms with Crippen LogP contribution >= 0.6 is 0 Å². The van der Waals surface area contributed by atoms with Crippen molar-refractivity contribution in [3.63, 3.8) is 0 Å². The first kappa shape index (κ1) is 19.7. The molecule has 0 fully saturated rings. The molecular weight excluding hydrogens is 326 g/mol. The van der Waals surface area contributed by atoms with E-state index in [-0.39, 0.29) is 11.9 Å². The third-order valence-corrected chi connectivity index (χ3v) is 4.26. The summed E-state index contributed by atoms with van der Waals surface area (Å²) in [4.78, 5) is 11.2. The number of esters is 1. The van der Waals surface area contributed by atoms with E-state index in [0.29, 0.717) is 31.8 Å². The van der Waals surface area contributed by atoms with Gasteiger partial charge in [-0.05, 0) is 43.0 Å². The fourth-order valence-electron chi connectivity index (χ4n) is 2.57. The van der Waals surface area contributed by atoms with Crippen LogP contribution in [0.1, 0.15) is 37.8 Å². The summed E-state index contributed by atoms with van der Waals surface area (Å²) in [5.41, 5.74) is 3.05. The minimum Gasteiger partial charge on any atom is -0.493 e. The smallest absolute Gasteiger partial charge is 0.305 e. The number of benzene rings is 2. The predicted octanol–water partition coefficient (Wildman–Crippen LogP) is 4.66. The molecule has 0 amide bonds. The second-order valence-electron chi connectivity index (χ2n) is 6.36. The monoisotopic (exact) mass is 353 g/mol. The Balaban J connectivity index is 1.82. The van der Waals surface area contributed by atoms with E-state index >= 15 is 0 Å². The molecule has 26 heavy (non-hydrogen) atoms. The van der Waals surface area contributed by atoms with Crippen molar-refractivity contribution < 1.29 is 14.3 Å². The molecular formula is C22H27NO3. The second kappa shape index (κ2) is 10.4. The van der Waals surface area contributed by atoms with Gasteiger partial charge in [0.2, 0.25) is 0 Å². The number of ether oxygens (including phenoxy) is 2. The van der Waals surface area contributed by atoms with E-state index < -0.39 is 0 Å². The molecule has 0 saturated carbocycles. The Bertz CT molecular complexity index is 695. The third-order valence-electron chi connectivity index (χ3n) is 4.26. The Morgan fingerprint density at radius 3 is 2.31 bits per heavy atom. The quantitative estimate of drug-likeness (QED) is 0.499. The number of rotatable bonds is 10. The normalized spacial score (nSPS) is 11.6. The van der Waals surface area contributed by atoms with Gasteiger partial charge in [-0.3, -0.25) is 4.79 Å². The van der Waals surface area contributed by atoms with Crippen molar-refractivity contribution in [2.75, 3.05) is 13.2 Å². The summed E-state index contributed by atoms with van der Waals surface area (Å²) in [6, 6.07) is 18.4. The Hall–Kier alpha value is -2.62. The van der Waals surface area contributed by atoms with Crippen molar-refractivity contribution in [3.8, 4) is 5.75 Å². The van der Waals surface area contributed by atoms with Crippen LogP contribution < -0.4 is 4.74 Å². The lowest BCUT2D eigenvalue weighted by molar-refractivity contribution is -0.143. The van der Waals surface area contributed by atoms with Gasteiger partial charge in [0, 0.05) is 18.1 Å². The van der Waals surface area contributed by atoms with Crippen LogP contribution in [0.15, 0.2) is 54.6 Å². The van der Waals surface area contributed by atoms with Gasteiger partial charge < -0.3 is 14.9 Å². The first-order chi connectivity index (χ1) is 12.6. The van der Waals surface area contributed by atoms with Crippen LogP contribution in [0.2, 0.25) is 0 Å². The summed E-state index contributed by atoms with van der Waals surface area (Å²) in [7, 11) is 0. The topological polar surface area (TPSA) is 59.4 Å². The summed E-state index contributed by atoms with van der Waals surface area (Å²) in [5, 5.41) is 7.89. The van der Waals surface area contributed by atoms with Crippen molar-refractivity contribution in [2.45, 2.75) is 33.1 Å². The Morgan fingerprint density at radius 2 is 1.69 bits per heavy atom. The summed E-state index contributed by atoms with van der Waals surface area (Å²) < 4.78 is 10.9. The number of hydrogen-bond donors (Lipinski definition) is 1. The lowest BCUT2D eigenvalue weighted by atomic mass is 10.0. The summed E-state index contributed by atoms with van der Waals surface area (Å²) in [6.45, 7) is 4.27. The average molecular weight is 353 g/mol. The molecule has 1 atom stereocenters. The molecule has 0 saturated heterocycles. The highest BCUT2D eigenvalue weighted by molar-refractivity contribution is 5.81. The molecule has 4 nitrogen and oxygen atoms in total. The van der Waals surface area contributed by atoms with Crippen LogP contribution in [0.3, 0.4) is 0 Å². The van der Waals surface area contributed by atoms with Crippen molar-refractivity contribution in [1.29, 1.82) is 5.41 Å². The highest BCUT2D eigenvalue weighted by Gasteiger charge is 2.13. The maximum absolute atomic E-state index is 11.2. The fourth-order valence-corrected chi connectivity index (χ4v) is 2.57. The Labute approximate surface area is 155 Å². The van der Waals surface area contributed by atoms with Gasteiger partial charge in [-0.2, -0.15) is 0 Å². The van der Waals surface area contributed by atoms with Gasteiger partial charge in [-0.15, -0.1) is 0 Å². The third kappa shape index (κ3) is 6.71. The molecule has 0 aliphatic heterocycles. The molecule has 0 spiro atoms. The molecule has 0 aromatic heterocycles. The molecule has 138 valence electrons. The van der Waals surface area contributed by atoms with E-state index in [2.05, 4.69) is 24.3 Å². The van der Waals surface area contributed by atoms with Crippen LogP contribution in [0.4, 0.5) is 0 Å². The fraction of sp³-hybridized carbons (Fsp3) is 0.364. The van der Waals surface area contributed by atoms with Crippen molar-refractivity contribution in [3.05, 3.63) is 65.7 Å². The molecule has 0 aliphatic carbocycles. The molecule has 0 unspecified atom stereocenters. The number of carbonyl (C=O) groups excluding carboxylic acids is 1. The molecule has 0 heterocycles. The van der Waals surface area contributed by atoms with Crippen LogP contribution in [-0.2, 0) is 16.0 Å². The SMILES string of the molecule is CCC(=O)OCC[C@@H](COc1ccc(Cc2ccccc2)cc1)C(C)=N. The highest BCUT2D eigenvalue weighted by atomic mass is 16.5. The minimum atomic E-state index is -0.207. The maximum atomic E-state index is 11.2. The standard InChI is InChI=1S/C22H27NO3/c1-3-22(24)25-14-13-20(17(2)23)16-26-21-11-9-19(10-12-21)15-18-7-5-4-6-8-18/h4-12,20,23H,3,13-16H2,1-2H3/t20-/m0/s1. The second-order valence-corrected chi connectivity index (χ2v) is 6.36. The number of nitrogens with one attached hydrogen (secondary N) is 1. The van der Waals surface area contributed by atoms with Crippen molar-refractivity contribution in [2.24, 2.45) is 5.92 Å². The molecule has 1 N–H and O–H groups in total. The Kier molecular flexibility index (Phi) is 7.87. The van der Waals surface area contributed by atoms with Crippen molar-refractivity contribution >= 4 is 11.7 Å². The van der Waals surface area contributed by atoms with Gasteiger partial charge in [0.25, 0.3) is 0 Å². The average Bonchev–Trinajstić information content (AvgIpc) is 2.66. The Morgan fingerprint density at radius 1 is 1.04 bits per heavy atom. The zero-order chi connectivity index (χ0) is 18.8. The molecule has 2 aromatic carbocycles. The van der Waals surface area contributed by atoms with Crippen LogP contribution in [0.25, 0.3) is 0 Å². The highest BCUT2D eigenvalue weighted by Crippen LogP contribution is 2.17. The van der Waals surface area contributed by atoms with E-state index in [0.717, 1.165) is 12.2 Å². The maximum Gasteiger partial charge on any atom is 0.305 e. The van der Waals surface area contributed by atoms with Crippen LogP contribution in [-0.4, -0.2) is 24.9 Å².